The van der Waals surface area contributed by atoms with Crippen molar-refractivity contribution in [3.8, 4) is 5.75 Å². The molecule has 2 N–H and O–H groups in total. The molecule has 17 heavy (non-hydrogen) atoms. The highest BCUT2D eigenvalue weighted by molar-refractivity contribution is 5.28. The minimum atomic E-state index is 0.248. The van der Waals surface area contributed by atoms with Gasteiger partial charge in [0.05, 0.1) is 7.11 Å². The van der Waals surface area contributed by atoms with Crippen molar-refractivity contribution in [2.24, 2.45) is 5.73 Å². The molecular weight excluding hydrogens is 212 g/mol. The van der Waals surface area contributed by atoms with Crippen LogP contribution in [0.1, 0.15) is 25.8 Å². The van der Waals surface area contributed by atoms with Crippen LogP contribution >= 0.6 is 0 Å². The van der Waals surface area contributed by atoms with Crippen LogP contribution in [0.4, 0.5) is 0 Å². The van der Waals surface area contributed by atoms with Crippen molar-refractivity contribution in [1.82, 2.24) is 4.90 Å². The maximum absolute atomic E-state index is 5.82. The molecule has 1 rings (SSSR count). The lowest BCUT2D eigenvalue weighted by atomic mass is 10.1. The van der Waals surface area contributed by atoms with Crippen molar-refractivity contribution in [2.75, 3.05) is 14.2 Å². The van der Waals surface area contributed by atoms with Gasteiger partial charge in [0.1, 0.15) is 5.75 Å². The van der Waals surface area contributed by atoms with Gasteiger partial charge in [-0.1, -0.05) is 12.1 Å². The number of benzene rings is 1. The highest BCUT2D eigenvalue weighted by atomic mass is 16.5. The number of hydrogen-bond donors (Lipinski definition) is 1. The molecule has 0 aliphatic heterocycles. The van der Waals surface area contributed by atoms with E-state index in [0.717, 1.165) is 18.7 Å². The lowest BCUT2D eigenvalue weighted by molar-refractivity contribution is 0.230. The van der Waals surface area contributed by atoms with Gasteiger partial charge in [0.15, 0.2) is 0 Å². The normalized spacial score (nSPS) is 14.7. The lowest BCUT2D eigenvalue weighted by Gasteiger charge is -2.26. The smallest absolute Gasteiger partial charge is 0.119 e. The van der Waals surface area contributed by atoms with Crippen LogP contribution in [0.25, 0.3) is 0 Å². The van der Waals surface area contributed by atoms with E-state index in [9.17, 15) is 0 Å². The number of nitrogens with two attached hydrogens (primary N) is 1. The van der Waals surface area contributed by atoms with E-state index in [4.69, 9.17) is 10.5 Å². The van der Waals surface area contributed by atoms with Crippen LogP contribution in [0.2, 0.25) is 0 Å². The molecule has 2 unspecified atom stereocenters. The molecule has 0 aliphatic carbocycles. The van der Waals surface area contributed by atoms with Crippen LogP contribution in [0.15, 0.2) is 24.3 Å². The second-order valence-corrected chi connectivity index (χ2v) is 4.83. The third-order valence-corrected chi connectivity index (χ3v) is 3.03. The van der Waals surface area contributed by atoms with Crippen LogP contribution in [-0.2, 0) is 6.54 Å². The summed E-state index contributed by atoms with van der Waals surface area (Å²) in [4.78, 5) is 2.32. The van der Waals surface area contributed by atoms with Gasteiger partial charge in [0.2, 0.25) is 0 Å². The van der Waals surface area contributed by atoms with Gasteiger partial charge in [-0.15, -0.1) is 0 Å². The highest BCUT2D eigenvalue weighted by Gasteiger charge is 2.11. The van der Waals surface area contributed by atoms with Crippen molar-refractivity contribution < 1.29 is 4.74 Å². The highest BCUT2D eigenvalue weighted by Crippen LogP contribution is 2.15. The Bertz CT molecular complexity index is 339. The molecule has 1 aromatic carbocycles. The number of methoxy groups -OCH3 is 1. The molecule has 3 heteroatoms. The topological polar surface area (TPSA) is 38.5 Å². The fourth-order valence-corrected chi connectivity index (χ4v) is 1.93. The Morgan fingerprint density at radius 2 is 2.06 bits per heavy atom. The summed E-state index contributed by atoms with van der Waals surface area (Å²) in [6.45, 7) is 5.19. The first-order valence-corrected chi connectivity index (χ1v) is 6.11. The zero-order chi connectivity index (χ0) is 12.8. The average Bonchev–Trinajstić information content (AvgIpc) is 2.28. The molecule has 0 spiro atoms. The Morgan fingerprint density at radius 3 is 2.65 bits per heavy atom. The van der Waals surface area contributed by atoms with Crippen LogP contribution in [0.5, 0.6) is 5.75 Å². The van der Waals surface area contributed by atoms with Gasteiger partial charge in [-0.2, -0.15) is 0 Å². The zero-order valence-corrected chi connectivity index (χ0v) is 11.3. The predicted octanol–water partition coefficient (Wildman–Crippen LogP) is 2.25. The molecule has 0 saturated carbocycles. The average molecular weight is 236 g/mol. The van der Waals surface area contributed by atoms with Crippen molar-refractivity contribution in [1.29, 1.82) is 0 Å². The molecular formula is C14H24N2O. The van der Waals surface area contributed by atoms with E-state index in [1.54, 1.807) is 7.11 Å². The van der Waals surface area contributed by atoms with E-state index in [1.807, 2.05) is 12.1 Å². The Labute approximate surface area is 105 Å². The van der Waals surface area contributed by atoms with Crippen LogP contribution in [-0.4, -0.2) is 31.1 Å². The molecule has 0 bridgehead atoms. The molecule has 3 nitrogen and oxygen atoms in total. The van der Waals surface area contributed by atoms with Gasteiger partial charge >= 0.3 is 0 Å². The van der Waals surface area contributed by atoms with Crippen LogP contribution < -0.4 is 10.5 Å². The fraction of sp³-hybridized carbons (Fsp3) is 0.571. The maximum atomic E-state index is 5.82. The summed E-state index contributed by atoms with van der Waals surface area (Å²) in [5, 5.41) is 0. The Kier molecular flexibility index (Phi) is 5.45. The number of rotatable bonds is 6. The van der Waals surface area contributed by atoms with E-state index in [-0.39, 0.29) is 6.04 Å². The van der Waals surface area contributed by atoms with E-state index in [2.05, 4.69) is 37.9 Å². The third kappa shape index (κ3) is 4.75. The number of ether oxygens (including phenoxy) is 1. The molecule has 0 saturated heterocycles. The van der Waals surface area contributed by atoms with Crippen molar-refractivity contribution >= 4 is 0 Å². The molecule has 0 aliphatic rings. The molecule has 0 radical (unpaired) electrons. The third-order valence-electron chi connectivity index (χ3n) is 3.03. The summed E-state index contributed by atoms with van der Waals surface area (Å²) >= 11 is 0. The molecule has 0 aromatic heterocycles. The van der Waals surface area contributed by atoms with Crippen molar-refractivity contribution in [3.63, 3.8) is 0 Å². The quantitative estimate of drug-likeness (QED) is 0.823. The van der Waals surface area contributed by atoms with Gasteiger partial charge in [0.25, 0.3) is 0 Å². The monoisotopic (exact) mass is 236 g/mol. The van der Waals surface area contributed by atoms with Crippen molar-refractivity contribution in [2.45, 2.75) is 38.9 Å². The van der Waals surface area contributed by atoms with Crippen LogP contribution in [0.3, 0.4) is 0 Å². The van der Waals surface area contributed by atoms with Gasteiger partial charge in [0, 0.05) is 18.6 Å². The Hall–Kier alpha value is -1.06. The molecule has 0 amide bonds. The van der Waals surface area contributed by atoms with Gasteiger partial charge in [-0.05, 0) is 45.0 Å². The fourth-order valence-electron chi connectivity index (χ4n) is 1.93. The van der Waals surface area contributed by atoms with E-state index in [0.29, 0.717) is 6.04 Å². The molecule has 1 aromatic rings. The van der Waals surface area contributed by atoms with Crippen molar-refractivity contribution in [3.05, 3.63) is 29.8 Å². The van der Waals surface area contributed by atoms with Gasteiger partial charge in [-0.3, -0.25) is 4.90 Å². The standard InChI is InChI=1S/C14H24N2O/c1-11(15)8-12(2)16(3)10-13-6-5-7-14(9-13)17-4/h5-7,9,11-12H,8,10,15H2,1-4H3. The maximum Gasteiger partial charge on any atom is 0.119 e. The lowest BCUT2D eigenvalue weighted by Crippen LogP contribution is -2.33. The largest absolute Gasteiger partial charge is 0.497 e. The first-order chi connectivity index (χ1) is 8.02. The first kappa shape index (κ1) is 14.0. The summed E-state index contributed by atoms with van der Waals surface area (Å²) in [6.07, 6.45) is 1.01. The SMILES string of the molecule is COc1cccc(CN(C)C(C)CC(C)N)c1. The summed E-state index contributed by atoms with van der Waals surface area (Å²) in [6, 6.07) is 8.93. The minimum absolute atomic E-state index is 0.248. The van der Waals surface area contributed by atoms with E-state index in [1.165, 1.54) is 5.56 Å². The molecule has 2 atom stereocenters. The van der Waals surface area contributed by atoms with Gasteiger partial charge < -0.3 is 10.5 Å². The Morgan fingerprint density at radius 1 is 1.35 bits per heavy atom. The molecule has 0 fully saturated rings. The molecule has 96 valence electrons. The summed E-state index contributed by atoms with van der Waals surface area (Å²) in [5.41, 5.74) is 7.09. The van der Waals surface area contributed by atoms with E-state index < -0.39 is 0 Å². The van der Waals surface area contributed by atoms with E-state index >= 15 is 0 Å². The zero-order valence-electron chi connectivity index (χ0n) is 11.3. The predicted molar refractivity (Wildman–Crippen MR) is 72.2 cm³/mol. The minimum Gasteiger partial charge on any atom is -0.497 e. The second-order valence-electron chi connectivity index (χ2n) is 4.83. The molecule has 0 heterocycles. The van der Waals surface area contributed by atoms with Crippen LogP contribution in [0, 0.1) is 0 Å². The number of nitrogens with zero attached hydrogens (tertiary/aromatic N) is 1. The number of hydrogen-bond acceptors (Lipinski definition) is 3. The first-order valence-electron chi connectivity index (χ1n) is 6.11. The second kappa shape index (κ2) is 6.62. The van der Waals surface area contributed by atoms with Gasteiger partial charge in [-0.25, -0.2) is 0 Å². The summed E-state index contributed by atoms with van der Waals surface area (Å²) in [5.74, 6) is 0.913. The Balaban J connectivity index is 2.57. The summed E-state index contributed by atoms with van der Waals surface area (Å²) < 4.78 is 5.22. The summed E-state index contributed by atoms with van der Waals surface area (Å²) in [7, 11) is 3.83.